The van der Waals surface area contributed by atoms with Crippen LogP contribution in [0.5, 0.6) is 11.5 Å². The molecule has 3 aromatic rings. The zero-order valence-corrected chi connectivity index (χ0v) is 19.3. The minimum absolute atomic E-state index is 0. The molecule has 3 nitrogen and oxygen atoms in total. The van der Waals surface area contributed by atoms with Gasteiger partial charge in [0, 0.05) is 6.54 Å². The van der Waals surface area contributed by atoms with Gasteiger partial charge in [0.05, 0.1) is 11.1 Å². The van der Waals surface area contributed by atoms with Gasteiger partial charge in [0.1, 0.15) is 12.4 Å². The second-order valence-corrected chi connectivity index (χ2v) is 7.48. The van der Waals surface area contributed by atoms with Crippen molar-refractivity contribution in [3.05, 3.63) is 93.7 Å². The zero-order chi connectivity index (χ0) is 20.5. The van der Waals surface area contributed by atoms with Crippen molar-refractivity contribution in [3.63, 3.8) is 0 Å². The Morgan fingerprint density at radius 2 is 1.67 bits per heavy atom. The molecule has 0 bridgehead atoms. The summed E-state index contributed by atoms with van der Waals surface area (Å²) in [6.07, 6.45) is 0.643. The molecule has 0 spiro atoms. The van der Waals surface area contributed by atoms with Crippen LogP contribution in [-0.2, 0) is 19.6 Å². The van der Waals surface area contributed by atoms with E-state index in [1.165, 1.54) is 6.07 Å². The molecule has 0 radical (unpaired) electrons. The molecule has 0 heterocycles. The quantitative estimate of drug-likeness (QED) is 0.335. The summed E-state index contributed by atoms with van der Waals surface area (Å²) in [5, 5.41) is 3.37. The Morgan fingerprint density at radius 1 is 0.933 bits per heavy atom. The Hall–Kier alpha value is -2.08. The highest BCUT2D eigenvalue weighted by Gasteiger charge is 2.13. The van der Waals surface area contributed by atoms with E-state index in [-0.39, 0.29) is 18.2 Å². The van der Waals surface area contributed by atoms with Crippen LogP contribution in [0.25, 0.3) is 0 Å². The maximum atomic E-state index is 13.7. The van der Waals surface area contributed by atoms with E-state index >= 15 is 0 Å². The number of halogens is 3. The highest BCUT2D eigenvalue weighted by Crippen LogP contribution is 2.37. The number of benzene rings is 3. The van der Waals surface area contributed by atoms with E-state index in [0.29, 0.717) is 44.2 Å². The van der Waals surface area contributed by atoms with Gasteiger partial charge in [-0.15, -0.1) is 12.4 Å². The second kappa shape index (κ2) is 12.6. The predicted octanol–water partition coefficient (Wildman–Crippen LogP) is 6.32. The minimum Gasteiger partial charge on any atom is -0.490 e. The molecule has 0 amide bonds. The number of nitrogens with one attached hydrogen (secondary N) is 1. The number of hydrogen-bond donors (Lipinski definition) is 1. The van der Waals surface area contributed by atoms with Crippen molar-refractivity contribution in [1.82, 2.24) is 5.32 Å². The molecule has 0 unspecified atom stereocenters. The van der Waals surface area contributed by atoms with Crippen molar-refractivity contribution >= 4 is 28.3 Å². The molecule has 0 fully saturated rings. The average Bonchev–Trinajstić information content (AvgIpc) is 2.73. The van der Waals surface area contributed by atoms with Crippen LogP contribution in [0.3, 0.4) is 0 Å². The SMILES string of the molecule is CCOc1cc(CNCCc2ccccc2F)cc(Br)c1OCc1ccccc1.Cl. The zero-order valence-electron chi connectivity index (χ0n) is 16.9. The lowest BCUT2D eigenvalue weighted by molar-refractivity contribution is 0.267. The highest BCUT2D eigenvalue weighted by atomic mass is 79.9. The van der Waals surface area contributed by atoms with Gasteiger partial charge >= 0.3 is 0 Å². The van der Waals surface area contributed by atoms with Gasteiger partial charge in [-0.2, -0.15) is 0 Å². The summed E-state index contributed by atoms with van der Waals surface area (Å²) in [4.78, 5) is 0. The Labute approximate surface area is 192 Å². The van der Waals surface area contributed by atoms with Gasteiger partial charge in [0.2, 0.25) is 0 Å². The summed E-state index contributed by atoms with van der Waals surface area (Å²) in [5.41, 5.74) is 2.89. The van der Waals surface area contributed by atoms with E-state index < -0.39 is 0 Å². The third-order valence-electron chi connectivity index (χ3n) is 4.45. The van der Waals surface area contributed by atoms with Crippen LogP contribution in [0.2, 0.25) is 0 Å². The molecule has 6 heteroatoms. The molecule has 160 valence electrons. The molecular formula is C24H26BrClFNO2. The highest BCUT2D eigenvalue weighted by molar-refractivity contribution is 9.10. The largest absolute Gasteiger partial charge is 0.490 e. The number of rotatable bonds is 10. The summed E-state index contributed by atoms with van der Waals surface area (Å²) >= 11 is 3.61. The third kappa shape index (κ3) is 7.01. The topological polar surface area (TPSA) is 30.5 Å². The first-order chi connectivity index (χ1) is 14.2. The molecule has 3 aromatic carbocycles. The Kier molecular flexibility index (Phi) is 10.1. The van der Waals surface area contributed by atoms with Gasteiger partial charge in [-0.3, -0.25) is 0 Å². The summed E-state index contributed by atoms with van der Waals surface area (Å²) in [6.45, 7) is 4.33. The molecule has 0 aliphatic heterocycles. The van der Waals surface area contributed by atoms with Crippen molar-refractivity contribution in [1.29, 1.82) is 0 Å². The van der Waals surface area contributed by atoms with Crippen LogP contribution in [0, 0.1) is 5.82 Å². The molecule has 1 N–H and O–H groups in total. The fourth-order valence-corrected chi connectivity index (χ4v) is 3.62. The van der Waals surface area contributed by atoms with E-state index in [0.717, 1.165) is 21.2 Å². The van der Waals surface area contributed by atoms with Crippen LogP contribution in [0.15, 0.2) is 71.2 Å². The molecular weight excluding hydrogens is 469 g/mol. The Bertz CT molecular complexity index is 924. The number of ether oxygens (including phenoxy) is 2. The van der Waals surface area contributed by atoms with Crippen molar-refractivity contribution < 1.29 is 13.9 Å². The van der Waals surface area contributed by atoms with E-state index in [1.807, 2.05) is 61.5 Å². The maximum absolute atomic E-state index is 13.7. The Balaban J connectivity index is 0.00000320. The van der Waals surface area contributed by atoms with Crippen molar-refractivity contribution in [2.45, 2.75) is 26.5 Å². The van der Waals surface area contributed by atoms with Gasteiger partial charge in [-0.05, 0) is 70.7 Å². The fraction of sp³-hybridized carbons (Fsp3) is 0.250. The average molecular weight is 495 g/mol. The summed E-state index contributed by atoms with van der Waals surface area (Å²) in [5.74, 6) is 1.25. The molecule has 0 aliphatic rings. The van der Waals surface area contributed by atoms with Gasteiger partial charge in [0.25, 0.3) is 0 Å². The van der Waals surface area contributed by atoms with E-state index in [4.69, 9.17) is 9.47 Å². The first kappa shape index (κ1) is 24.2. The second-order valence-electron chi connectivity index (χ2n) is 6.63. The molecule has 0 aliphatic carbocycles. The van der Waals surface area contributed by atoms with Crippen LogP contribution in [0.1, 0.15) is 23.6 Å². The van der Waals surface area contributed by atoms with E-state index in [9.17, 15) is 4.39 Å². The summed E-state index contributed by atoms with van der Waals surface area (Å²) in [7, 11) is 0. The molecule has 0 saturated heterocycles. The normalized spacial score (nSPS) is 10.4. The van der Waals surface area contributed by atoms with Gasteiger partial charge in [0.15, 0.2) is 11.5 Å². The van der Waals surface area contributed by atoms with Crippen molar-refractivity contribution in [3.8, 4) is 11.5 Å². The first-order valence-corrected chi connectivity index (χ1v) is 10.5. The van der Waals surface area contributed by atoms with Crippen LogP contribution < -0.4 is 14.8 Å². The lowest BCUT2D eigenvalue weighted by atomic mass is 10.1. The van der Waals surface area contributed by atoms with Gasteiger partial charge in [-0.25, -0.2) is 4.39 Å². The predicted molar refractivity (Wildman–Crippen MR) is 125 cm³/mol. The summed E-state index contributed by atoms with van der Waals surface area (Å²) < 4.78 is 26.4. The monoisotopic (exact) mass is 493 g/mol. The number of hydrogen-bond acceptors (Lipinski definition) is 3. The van der Waals surface area contributed by atoms with E-state index in [1.54, 1.807) is 6.07 Å². The minimum atomic E-state index is -0.157. The third-order valence-corrected chi connectivity index (χ3v) is 5.04. The van der Waals surface area contributed by atoms with Crippen LogP contribution >= 0.6 is 28.3 Å². The van der Waals surface area contributed by atoms with Crippen LogP contribution in [-0.4, -0.2) is 13.2 Å². The van der Waals surface area contributed by atoms with Crippen molar-refractivity contribution in [2.75, 3.05) is 13.2 Å². The molecule has 0 atom stereocenters. The molecule has 0 aromatic heterocycles. The molecule has 0 saturated carbocycles. The standard InChI is InChI=1S/C24H25BrFNO2.ClH/c1-2-28-23-15-19(16-27-13-12-20-10-6-7-11-22(20)26)14-21(25)24(23)29-17-18-8-4-3-5-9-18;/h3-11,14-15,27H,2,12-13,16-17H2,1H3;1H. The smallest absolute Gasteiger partial charge is 0.175 e. The first-order valence-electron chi connectivity index (χ1n) is 9.73. The van der Waals surface area contributed by atoms with Crippen LogP contribution in [0.4, 0.5) is 4.39 Å². The van der Waals surface area contributed by atoms with Gasteiger partial charge < -0.3 is 14.8 Å². The van der Waals surface area contributed by atoms with Gasteiger partial charge in [-0.1, -0.05) is 48.5 Å². The lowest BCUT2D eigenvalue weighted by Crippen LogP contribution is -2.17. The molecule has 3 rings (SSSR count). The fourth-order valence-electron chi connectivity index (χ4n) is 3.01. The Morgan fingerprint density at radius 3 is 2.40 bits per heavy atom. The van der Waals surface area contributed by atoms with E-state index in [2.05, 4.69) is 21.2 Å². The van der Waals surface area contributed by atoms with Crippen molar-refractivity contribution in [2.24, 2.45) is 0 Å². The summed E-state index contributed by atoms with van der Waals surface area (Å²) in [6, 6.07) is 20.9. The maximum Gasteiger partial charge on any atom is 0.175 e. The lowest BCUT2D eigenvalue weighted by Gasteiger charge is -2.16. The molecule has 30 heavy (non-hydrogen) atoms.